The molecule has 5 N–H and O–H groups in total. The molecule has 0 aliphatic rings. The van der Waals surface area contributed by atoms with Gasteiger partial charge in [0.1, 0.15) is 17.2 Å². The van der Waals surface area contributed by atoms with E-state index in [1.165, 1.54) is 0 Å². The monoisotopic (exact) mass is 237 g/mol. The van der Waals surface area contributed by atoms with Gasteiger partial charge in [-0.15, -0.1) is 0 Å². The Morgan fingerprint density at radius 3 is 1.94 bits per heavy atom. The number of phenols is 3. The minimum atomic E-state index is -4.50. The zero-order valence-electron chi connectivity index (χ0n) is 7.99. The van der Waals surface area contributed by atoms with Gasteiger partial charge in [-0.3, -0.25) is 0 Å². The molecule has 16 heavy (non-hydrogen) atoms. The van der Waals surface area contributed by atoms with Gasteiger partial charge >= 0.3 is 6.18 Å². The average Bonchev–Trinajstić information content (AvgIpc) is 1.96. The van der Waals surface area contributed by atoms with E-state index in [-0.39, 0.29) is 0 Å². The number of nitrogens with two attached hydrogens (primary N) is 1. The quantitative estimate of drug-likeness (QED) is 0.631. The van der Waals surface area contributed by atoms with Crippen LogP contribution >= 0.6 is 0 Å². The first-order chi connectivity index (χ1) is 7.20. The predicted octanol–water partition coefficient (Wildman–Crippen LogP) is 1.76. The van der Waals surface area contributed by atoms with Gasteiger partial charge in [0.05, 0.1) is 12.0 Å². The van der Waals surface area contributed by atoms with Gasteiger partial charge in [0, 0.05) is 18.2 Å². The van der Waals surface area contributed by atoms with E-state index in [1.807, 2.05) is 0 Å². The van der Waals surface area contributed by atoms with E-state index in [9.17, 15) is 23.4 Å². The molecule has 4 nitrogen and oxygen atoms in total. The Hall–Kier alpha value is -1.63. The zero-order chi connectivity index (χ0) is 12.5. The van der Waals surface area contributed by atoms with Gasteiger partial charge in [-0.1, -0.05) is 0 Å². The summed E-state index contributed by atoms with van der Waals surface area (Å²) < 4.78 is 36.1. The van der Waals surface area contributed by atoms with Crippen molar-refractivity contribution in [3.05, 3.63) is 17.7 Å². The second kappa shape index (κ2) is 4.09. The first kappa shape index (κ1) is 12.4. The number of benzene rings is 1. The standard InChI is InChI=1S/C9H10F3NO3/c10-9(11,12)3-5(13)8-6(15)1-4(14)2-7(8)16/h1-2,5,14-16H,3,13H2/t5-/m0/s1. The van der Waals surface area contributed by atoms with Crippen molar-refractivity contribution in [2.75, 3.05) is 0 Å². The van der Waals surface area contributed by atoms with Crippen molar-refractivity contribution in [1.82, 2.24) is 0 Å². The second-order valence-corrected chi connectivity index (χ2v) is 3.32. The summed E-state index contributed by atoms with van der Waals surface area (Å²) in [7, 11) is 0. The van der Waals surface area contributed by atoms with E-state index < -0.39 is 41.5 Å². The largest absolute Gasteiger partial charge is 0.508 e. The highest BCUT2D eigenvalue weighted by Gasteiger charge is 2.33. The van der Waals surface area contributed by atoms with Crippen LogP contribution in [-0.4, -0.2) is 21.5 Å². The molecule has 0 heterocycles. The van der Waals surface area contributed by atoms with Crippen LogP contribution in [0.25, 0.3) is 0 Å². The fraction of sp³-hybridized carbons (Fsp3) is 0.333. The number of aromatic hydroxyl groups is 3. The summed E-state index contributed by atoms with van der Waals surface area (Å²) >= 11 is 0. The lowest BCUT2D eigenvalue weighted by molar-refractivity contribution is -0.138. The van der Waals surface area contributed by atoms with Crippen LogP contribution in [0.3, 0.4) is 0 Å². The molecule has 0 aliphatic carbocycles. The average molecular weight is 237 g/mol. The number of rotatable bonds is 2. The normalized spacial score (nSPS) is 13.8. The van der Waals surface area contributed by atoms with Crippen LogP contribution in [0.2, 0.25) is 0 Å². The molecule has 0 aliphatic heterocycles. The SMILES string of the molecule is N[C@@H](CC(F)(F)F)c1c(O)cc(O)cc1O. The lowest BCUT2D eigenvalue weighted by Crippen LogP contribution is -2.20. The van der Waals surface area contributed by atoms with Crippen LogP contribution in [0.5, 0.6) is 17.2 Å². The third-order valence-corrected chi connectivity index (χ3v) is 1.94. The van der Waals surface area contributed by atoms with Gasteiger partial charge in [-0.2, -0.15) is 13.2 Å². The molecule has 1 aromatic rings. The van der Waals surface area contributed by atoms with Crippen LogP contribution in [0, 0.1) is 0 Å². The second-order valence-electron chi connectivity index (χ2n) is 3.32. The van der Waals surface area contributed by atoms with Crippen LogP contribution < -0.4 is 5.73 Å². The summed E-state index contributed by atoms with van der Waals surface area (Å²) in [4.78, 5) is 0. The molecule has 0 saturated carbocycles. The number of hydrogen-bond donors (Lipinski definition) is 4. The van der Waals surface area contributed by atoms with Gasteiger partial charge in [0.15, 0.2) is 0 Å². The summed E-state index contributed by atoms with van der Waals surface area (Å²) in [6, 6.07) is 0.0388. The lowest BCUT2D eigenvalue weighted by atomic mass is 10.0. The van der Waals surface area contributed by atoms with Gasteiger partial charge in [0.25, 0.3) is 0 Å². The van der Waals surface area contributed by atoms with Crippen molar-refractivity contribution < 1.29 is 28.5 Å². The van der Waals surface area contributed by atoms with Crippen LogP contribution in [-0.2, 0) is 0 Å². The molecule has 0 radical (unpaired) electrons. The minimum absolute atomic E-state index is 0.435. The summed E-state index contributed by atoms with van der Waals surface area (Å²) in [6.45, 7) is 0. The van der Waals surface area contributed by atoms with Crippen LogP contribution in [0.1, 0.15) is 18.0 Å². The topological polar surface area (TPSA) is 86.7 Å². The predicted molar refractivity (Wildman–Crippen MR) is 49.0 cm³/mol. The van der Waals surface area contributed by atoms with Crippen LogP contribution in [0.15, 0.2) is 12.1 Å². The first-order valence-corrected chi connectivity index (χ1v) is 4.28. The highest BCUT2D eigenvalue weighted by atomic mass is 19.4. The van der Waals surface area contributed by atoms with E-state index in [4.69, 9.17) is 10.8 Å². The maximum atomic E-state index is 12.0. The summed E-state index contributed by atoms with van der Waals surface area (Å²) in [5, 5.41) is 27.5. The fourth-order valence-corrected chi connectivity index (χ4v) is 1.34. The molecule has 0 unspecified atom stereocenters. The van der Waals surface area contributed by atoms with Crippen molar-refractivity contribution in [2.45, 2.75) is 18.6 Å². The van der Waals surface area contributed by atoms with Crippen molar-refractivity contribution >= 4 is 0 Å². The summed E-state index contributed by atoms with van der Waals surface area (Å²) in [5.41, 5.74) is 4.78. The van der Waals surface area contributed by atoms with E-state index in [1.54, 1.807) is 0 Å². The molecular weight excluding hydrogens is 227 g/mol. The molecule has 1 aromatic carbocycles. The molecule has 1 rings (SSSR count). The maximum Gasteiger partial charge on any atom is 0.390 e. The van der Waals surface area contributed by atoms with E-state index in [0.29, 0.717) is 0 Å². The van der Waals surface area contributed by atoms with Gasteiger partial charge in [0.2, 0.25) is 0 Å². The van der Waals surface area contributed by atoms with Crippen molar-refractivity contribution in [1.29, 1.82) is 0 Å². The first-order valence-electron chi connectivity index (χ1n) is 4.28. The van der Waals surface area contributed by atoms with Gasteiger partial charge < -0.3 is 21.1 Å². The van der Waals surface area contributed by atoms with Crippen LogP contribution in [0.4, 0.5) is 13.2 Å². The molecular formula is C9H10F3NO3. The van der Waals surface area contributed by atoms with Gasteiger partial charge in [-0.25, -0.2) is 0 Å². The fourth-order valence-electron chi connectivity index (χ4n) is 1.34. The van der Waals surface area contributed by atoms with E-state index in [0.717, 1.165) is 12.1 Å². The highest BCUT2D eigenvalue weighted by molar-refractivity contribution is 5.50. The lowest BCUT2D eigenvalue weighted by Gasteiger charge is -2.17. The van der Waals surface area contributed by atoms with E-state index in [2.05, 4.69) is 0 Å². The Bertz CT molecular complexity index is 369. The van der Waals surface area contributed by atoms with Crippen molar-refractivity contribution in [3.63, 3.8) is 0 Å². The molecule has 0 aromatic heterocycles. The molecule has 0 saturated heterocycles. The summed E-state index contributed by atoms with van der Waals surface area (Å²) in [5.74, 6) is -1.80. The number of alkyl halides is 3. The highest BCUT2D eigenvalue weighted by Crippen LogP contribution is 2.39. The molecule has 0 bridgehead atoms. The third kappa shape index (κ3) is 2.93. The Morgan fingerprint density at radius 1 is 1.12 bits per heavy atom. The van der Waals surface area contributed by atoms with Gasteiger partial charge in [-0.05, 0) is 0 Å². The third-order valence-electron chi connectivity index (χ3n) is 1.94. The Morgan fingerprint density at radius 2 is 1.56 bits per heavy atom. The molecule has 90 valence electrons. The minimum Gasteiger partial charge on any atom is -0.508 e. The number of hydrogen-bond acceptors (Lipinski definition) is 4. The summed E-state index contributed by atoms with van der Waals surface area (Å²) in [6.07, 6.45) is -5.88. The smallest absolute Gasteiger partial charge is 0.390 e. The molecule has 0 spiro atoms. The Kier molecular flexibility index (Phi) is 3.18. The maximum absolute atomic E-state index is 12.0. The number of phenolic OH excluding ortho intramolecular Hbond substituents is 3. The molecule has 7 heteroatoms. The number of halogens is 3. The Balaban J connectivity index is 3.04. The Labute approximate surface area is 88.7 Å². The van der Waals surface area contributed by atoms with Crippen molar-refractivity contribution in [2.24, 2.45) is 5.73 Å². The molecule has 0 fully saturated rings. The van der Waals surface area contributed by atoms with Crippen molar-refractivity contribution in [3.8, 4) is 17.2 Å². The van der Waals surface area contributed by atoms with E-state index >= 15 is 0 Å². The molecule has 1 atom stereocenters. The molecule has 0 amide bonds. The zero-order valence-corrected chi connectivity index (χ0v) is 7.99.